The Balaban J connectivity index is 3.45. The lowest BCUT2D eigenvalue weighted by Gasteiger charge is -2.14. The highest BCUT2D eigenvalue weighted by molar-refractivity contribution is 7.89. The molecule has 1 rings (SSSR count). The Hall–Kier alpha value is -1.40. The summed E-state index contributed by atoms with van der Waals surface area (Å²) in [6.07, 6.45) is 0. The minimum absolute atomic E-state index is 0.0219. The summed E-state index contributed by atoms with van der Waals surface area (Å²) in [4.78, 5) is 11.0. The Kier molecular flexibility index (Phi) is 4.13. The van der Waals surface area contributed by atoms with Crippen molar-refractivity contribution in [3.63, 3.8) is 0 Å². The van der Waals surface area contributed by atoms with Crippen molar-refractivity contribution >= 4 is 16.0 Å². The molecule has 0 fully saturated rings. The Bertz CT molecular complexity index is 576. The van der Waals surface area contributed by atoms with E-state index in [9.17, 15) is 13.2 Å². The number of benzene rings is 1. The first-order valence-corrected chi connectivity index (χ1v) is 7.00. The number of hydrogen-bond donors (Lipinski definition) is 2. The molecule has 6 heteroatoms. The highest BCUT2D eigenvalue weighted by Gasteiger charge is 2.21. The van der Waals surface area contributed by atoms with E-state index in [1.54, 1.807) is 27.7 Å². The molecule has 18 heavy (non-hydrogen) atoms. The van der Waals surface area contributed by atoms with Crippen LogP contribution in [0.5, 0.6) is 0 Å². The lowest BCUT2D eigenvalue weighted by Crippen LogP contribution is -2.31. The minimum Gasteiger partial charge on any atom is -0.478 e. The van der Waals surface area contributed by atoms with Gasteiger partial charge in [0.15, 0.2) is 0 Å². The van der Waals surface area contributed by atoms with Crippen LogP contribution in [0.4, 0.5) is 0 Å². The molecule has 0 bridgehead atoms. The largest absolute Gasteiger partial charge is 0.478 e. The first kappa shape index (κ1) is 14.7. The fourth-order valence-corrected chi connectivity index (χ4v) is 3.20. The highest BCUT2D eigenvalue weighted by Crippen LogP contribution is 2.21. The lowest BCUT2D eigenvalue weighted by molar-refractivity contribution is 0.0696. The predicted molar refractivity (Wildman–Crippen MR) is 68.3 cm³/mol. The van der Waals surface area contributed by atoms with Gasteiger partial charge in [-0.1, -0.05) is 0 Å². The smallest absolute Gasteiger partial charge is 0.335 e. The number of nitrogens with one attached hydrogen (secondary N) is 1. The standard InChI is InChI=1S/C12H17NO4S/c1-7(2)13-18(16,17)11-6-10(12(14)15)5-8(3)9(11)4/h5-7,13H,1-4H3,(H,14,15). The van der Waals surface area contributed by atoms with Crippen LogP contribution in [0, 0.1) is 13.8 Å². The molecular formula is C12H17NO4S. The van der Waals surface area contributed by atoms with Gasteiger partial charge in [0.25, 0.3) is 0 Å². The summed E-state index contributed by atoms with van der Waals surface area (Å²) in [6.45, 7) is 6.77. The maximum atomic E-state index is 12.1. The van der Waals surface area contributed by atoms with Gasteiger partial charge >= 0.3 is 5.97 Å². The summed E-state index contributed by atoms with van der Waals surface area (Å²) in [7, 11) is -3.68. The van der Waals surface area contributed by atoms with Crippen LogP contribution in [0.15, 0.2) is 17.0 Å². The average molecular weight is 271 g/mol. The number of aryl methyl sites for hydroxylation is 1. The van der Waals surface area contributed by atoms with Gasteiger partial charge in [0, 0.05) is 6.04 Å². The lowest BCUT2D eigenvalue weighted by atomic mass is 10.1. The van der Waals surface area contributed by atoms with E-state index in [1.165, 1.54) is 12.1 Å². The molecule has 0 aliphatic carbocycles. The third-order valence-electron chi connectivity index (χ3n) is 2.55. The molecule has 0 aliphatic heterocycles. The van der Waals surface area contributed by atoms with Crippen LogP contribution in [-0.2, 0) is 10.0 Å². The number of rotatable bonds is 4. The fraction of sp³-hybridized carbons (Fsp3) is 0.417. The minimum atomic E-state index is -3.68. The second-order valence-corrected chi connectivity index (χ2v) is 6.18. The number of aromatic carboxylic acids is 1. The molecular weight excluding hydrogens is 254 g/mol. The molecule has 0 amide bonds. The quantitative estimate of drug-likeness (QED) is 0.872. The van der Waals surface area contributed by atoms with Crippen LogP contribution in [0.2, 0.25) is 0 Å². The molecule has 0 aromatic heterocycles. The van der Waals surface area contributed by atoms with Crippen molar-refractivity contribution in [1.29, 1.82) is 0 Å². The van der Waals surface area contributed by atoms with E-state index >= 15 is 0 Å². The Morgan fingerprint density at radius 3 is 2.28 bits per heavy atom. The van der Waals surface area contributed by atoms with Crippen LogP contribution >= 0.6 is 0 Å². The first-order valence-electron chi connectivity index (χ1n) is 5.52. The van der Waals surface area contributed by atoms with Crippen molar-refractivity contribution in [1.82, 2.24) is 4.72 Å². The van der Waals surface area contributed by atoms with Gasteiger partial charge in [-0.05, 0) is 51.0 Å². The second kappa shape index (κ2) is 5.07. The maximum absolute atomic E-state index is 12.1. The van der Waals surface area contributed by atoms with Gasteiger partial charge in [0.2, 0.25) is 10.0 Å². The van der Waals surface area contributed by atoms with Gasteiger partial charge in [0.1, 0.15) is 0 Å². The van der Waals surface area contributed by atoms with Gasteiger partial charge in [-0.2, -0.15) is 0 Å². The third kappa shape index (κ3) is 3.08. The van der Waals surface area contributed by atoms with Crippen molar-refractivity contribution in [3.05, 3.63) is 28.8 Å². The number of carboxylic acids is 1. The summed E-state index contributed by atoms with van der Waals surface area (Å²) in [5.74, 6) is -1.14. The predicted octanol–water partition coefficient (Wildman–Crippen LogP) is 1.69. The van der Waals surface area contributed by atoms with E-state index in [0.717, 1.165) is 0 Å². The number of hydrogen-bond acceptors (Lipinski definition) is 3. The van der Waals surface area contributed by atoms with Crippen LogP contribution in [0.3, 0.4) is 0 Å². The zero-order chi connectivity index (χ0) is 14.1. The third-order valence-corrected chi connectivity index (χ3v) is 4.33. The zero-order valence-corrected chi connectivity index (χ0v) is 11.6. The summed E-state index contributed by atoms with van der Waals surface area (Å²) in [5.41, 5.74) is 1.18. The van der Waals surface area contributed by atoms with E-state index < -0.39 is 16.0 Å². The number of carboxylic acid groups (broad SMARTS) is 1. The number of carbonyl (C=O) groups is 1. The first-order chi connectivity index (χ1) is 8.15. The molecule has 100 valence electrons. The summed E-state index contributed by atoms with van der Waals surface area (Å²) in [6, 6.07) is 2.41. The van der Waals surface area contributed by atoms with Crippen LogP contribution in [0.25, 0.3) is 0 Å². The van der Waals surface area contributed by atoms with Crippen molar-refractivity contribution in [3.8, 4) is 0 Å². The van der Waals surface area contributed by atoms with E-state index in [2.05, 4.69) is 4.72 Å². The van der Waals surface area contributed by atoms with Gasteiger partial charge in [-0.3, -0.25) is 0 Å². The molecule has 0 saturated carbocycles. The van der Waals surface area contributed by atoms with Gasteiger partial charge in [-0.25, -0.2) is 17.9 Å². The molecule has 0 atom stereocenters. The molecule has 0 heterocycles. The topological polar surface area (TPSA) is 83.5 Å². The molecule has 0 aliphatic rings. The molecule has 0 unspecified atom stereocenters. The molecule has 0 saturated heterocycles. The van der Waals surface area contributed by atoms with Crippen molar-refractivity contribution in [2.45, 2.75) is 38.6 Å². The monoisotopic (exact) mass is 271 g/mol. The van der Waals surface area contributed by atoms with E-state index in [-0.39, 0.29) is 16.5 Å². The van der Waals surface area contributed by atoms with Crippen LogP contribution in [0.1, 0.15) is 35.3 Å². The van der Waals surface area contributed by atoms with Gasteiger partial charge < -0.3 is 5.11 Å². The summed E-state index contributed by atoms with van der Waals surface area (Å²) >= 11 is 0. The SMILES string of the molecule is Cc1cc(C(=O)O)cc(S(=O)(=O)NC(C)C)c1C. The zero-order valence-electron chi connectivity index (χ0n) is 10.8. The second-order valence-electron chi connectivity index (χ2n) is 4.50. The molecule has 1 aromatic carbocycles. The molecule has 0 radical (unpaired) electrons. The average Bonchev–Trinajstić information content (AvgIpc) is 2.19. The van der Waals surface area contributed by atoms with E-state index in [0.29, 0.717) is 11.1 Å². The van der Waals surface area contributed by atoms with Crippen molar-refractivity contribution in [2.75, 3.05) is 0 Å². The highest BCUT2D eigenvalue weighted by atomic mass is 32.2. The molecule has 0 spiro atoms. The van der Waals surface area contributed by atoms with Crippen LogP contribution < -0.4 is 4.72 Å². The summed E-state index contributed by atoms with van der Waals surface area (Å²) in [5, 5.41) is 8.96. The van der Waals surface area contributed by atoms with Gasteiger partial charge in [0.05, 0.1) is 10.5 Å². The number of sulfonamides is 1. The van der Waals surface area contributed by atoms with Crippen molar-refractivity contribution in [2.24, 2.45) is 0 Å². The Morgan fingerprint density at radius 2 is 1.83 bits per heavy atom. The normalized spacial score (nSPS) is 11.8. The van der Waals surface area contributed by atoms with E-state index in [4.69, 9.17) is 5.11 Å². The van der Waals surface area contributed by atoms with E-state index in [1.807, 2.05) is 0 Å². The molecule has 5 nitrogen and oxygen atoms in total. The van der Waals surface area contributed by atoms with Gasteiger partial charge in [-0.15, -0.1) is 0 Å². The van der Waals surface area contributed by atoms with Crippen LogP contribution in [-0.4, -0.2) is 25.5 Å². The maximum Gasteiger partial charge on any atom is 0.335 e. The van der Waals surface area contributed by atoms with Crippen molar-refractivity contribution < 1.29 is 18.3 Å². The molecule has 1 aromatic rings. The summed E-state index contributed by atoms with van der Waals surface area (Å²) < 4.78 is 26.6. The Morgan fingerprint density at radius 1 is 1.28 bits per heavy atom. The Labute approximate surface area is 107 Å². The molecule has 2 N–H and O–H groups in total. The fourth-order valence-electron chi connectivity index (χ4n) is 1.60.